The number of hydrogen-bond donors (Lipinski definition) is 1. The van der Waals surface area contributed by atoms with E-state index in [4.69, 9.17) is 4.74 Å². The second-order valence-corrected chi connectivity index (χ2v) is 6.37. The maximum Gasteiger partial charge on any atom is 0.224 e. The lowest BCUT2D eigenvalue weighted by Crippen LogP contribution is -2.36. The maximum atomic E-state index is 12.4. The molecule has 2 aromatic heterocycles. The van der Waals surface area contributed by atoms with Crippen molar-refractivity contribution in [2.75, 3.05) is 13.2 Å². The van der Waals surface area contributed by atoms with Gasteiger partial charge in [0.15, 0.2) is 0 Å². The lowest BCUT2D eigenvalue weighted by molar-refractivity contribution is -0.121. The highest BCUT2D eigenvalue weighted by Gasteiger charge is 2.27. The van der Waals surface area contributed by atoms with E-state index in [0.29, 0.717) is 12.3 Å². The molecule has 1 atom stereocenters. The molecule has 0 aliphatic carbocycles. The fourth-order valence-corrected chi connectivity index (χ4v) is 3.55. The highest BCUT2D eigenvalue weighted by atomic mass is 32.1. The summed E-state index contributed by atoms with van der Waals surface area (Å²) in [6, 6.07) is 5.98. The number of hydrogen-bond acceptors (Lipinski definition) is 4. The molecular weight excluding hydrogens is 296 g/mol. The molecule has 0 aromatic carbocycles. The molecule has 1 aliphatic heterocycles. The fourth-order valence-electron chi connectivity index (χ4n) is 2.89. The summed E-state index contributed by atoms with van der Waals surface area (Å²) in [4.78, 5) is 16.6. The van der Waals surface area contributed by atoms with Gasteiger partial charge in [-0.05, 0) is 52.8 Å². The molecule has 4 nitrogen and oxygen atoms in total. The summed E-state index contributed by atoms with van der Waals surface area (Å²) in [6.45, 7) is 1.53. The van der Waals surface area contributed by atoms with Crippen LogP contribution >= 0.6 is 11.3 Å². The Morgan fingerprint density at radius 2 is 2.27 bits per heavy atom. The number of ether oxygens (including phenoxy) is 1. The van der Waals surface area contributed by atoms with E-state index in [-0.39, 0.29) is 11.9 Å². The van der Waals surface area contributed by atoms with Crippen LogP contribution in [0.4, 0.5) is 0 Å². The van der Waals surface area contributed by atoms with Crippen LogP contribution in [-0.4, -0.2) is 24.1 Å². The van der Waals surface area contributed by atoms with Crippen molar-refractivity contribution in [1.29, 1.82) is 0 Å². The Balaban J connectivity index is 1.71. The van der Waals surface area contributed by atoms with E-state index in [9.17, 15) is 4.79 Å². The second-order valence-electron chi connectivity index (χ2n) is 5.59. The molecule has 1 fully saturated rings. The van der Waals surface area contributed by atoms with Crippen molar-refractivity contribution in [2.45, 2.75) is 25.3 Å². The van der Waals surface area contributed by atoms with Crippen LogP contribution in [0.1, 0.15) is 30.0 Å². The van der Waals surface area contributed by atoms with Gasteiger partial charge in [-0.15, -0.1) is 0 Å². The Hall–Kier alpha value is -1.72. The zero-order valence-electron chi connectivity index (χ0n) is 12.4. The van der Waals surface area contributed by atoms with Gasteiger partial charge >= 0.3 is 0 Å². The number of carbonyl (C=O) groups is 1. The van der Waals surface area contributed by atoms with Crippen LogP contribution in [0.3, 0.4) is 0 Å². The minimum absolute atomic E-state index is 0.0173. The number of nitrogens with zero attached hydrogens (tertiary/aromatic N) is 1. The van der Waals surface area contributed by atoms with Gasteiger partial charge in [0, 0.05) is 25.6 Å². The minimum Gasteiger partial charge on any atom is -0.381 e. The first-order valence-electron chi connectivity index (χ1n) is 7.61. The first-order valence-corrected chi connectivity index (χ1v) is 8.55. The summed E-state index contributed by atoms with van der Waals surface area (Å²) in [7, 11) is 0. The van der Waals surface area contributed by atoms with Crippen LogP contribution in [0.5, 0.6) is 0 Å². The van der Waals surface area contributed by atoms with Crippen LogP contribution in [0, 0.1) is 5.92 Å². The number of pyridine rings is 1. The average Bonchev–Trinajstić information content (AvgIpc) is 3.07. The number of nitrogens with one attached hydrogen (secondary N) is 1. The number of amides is 1. The topological polar surface area (TPSA) is 51.2 Å². The highest BCUT2D eigenvalue weighted by molar-refractivity contribution is 7.07. The third kappa shape index (κ3) is 3.93. The Labute approximate surface area is 134 Å². The number of aromatic nitrogens is 1. The molecule has 0 saturated carbocycles. The molecular formula is C17H20N2O2S. The molecule has 0 radical (unpaired) electrons. The Morgan fingerprint density at radius 1 is 1.41 bits per heavy atom. The van der Waals surface area contributed by atoms with Gasteiger partial charge in [0.1, 0.15) is 0 Å². The van der Waals surface area contributed by atoms with E-state index < -0.39 is 0 Å². The summed E-state index contributed by atoms with van der Waals surface area (Å²) >= 11 is 1.62. The molecule has 1 saturated heterocycles. The summed E-state index contributed by atoms with van der Waals surface area (Å²) in [5, 5.41) is 7.23. The van der Waals surface area contributed by atoms with Crippen molar-refractivity contribution in [1.82, 2.24) is 10.3 Å². The van der Waals surface area contributed by atoms with Gasteiger partial charge in [0.05, 0.1) is 12.5 Å². The van der Waals surface area contributed by atoms with Crippen molar-refractivity contribution in [3.05, 3.63) is 52.5 Å². The molecule has 1 amide bonds. The standard InChI is InChI=1S/C17H20N2O2S/c20-16(10-13-5-9-22-12-13)19-17(14-3-7-21-8-4-14)15-2-1-6-18-11-15/h1-2,5-6,9,11-12,14,17H,3-4,7-8,10H2,(H,19,20)/t17-/m1/s1. The minimum atomic E-state index is 0.0173. The summed E-state index contributed by atoms with van der Waals surface area (Å²) in [5.41, 5.74) is 2.15. The zero-order chi connectivity index (χ0) is 15.2. The normalized spacial score (nSPS) is 17.1. The van der Waals surface area contributed by atoms with E-state index in [1.807, 2.05) is 35.2 Å². The van der Waals surface area contributed by atoms with Gasteiger partial charge in [-0.3, -0.25) is 9.78 Å². The van der Waals surface area contributed by atoms with Crippen molar-refractivity contribution >= 4 is 17.2 Å². The van der Waals surface area contributed by atoms with Crippen molar-refractivity contribution < 1.29 is 9.53 Å². The van der Waals surface area contributed by atoms with E-state index in [2.05, 4.69) is 10.3 Å². The van der Waals surface area contributed by atoms with Gasteiger partial charge in [-0.1, -0.05) is 6.07 Å². The van der Waals surface area contributed by atoms with Crippen LogP contribution in [0.15, 0.2) is 41.4 Å². The van der Waals surface area contributed by atoms with Crippen LogP contribution in [0.25, 0.3) is 0 Å². The van der Waals surface area contributed by atoms with Gasteiger partial charge in [0.2, 0.25) is 5.91 Å². The Kier molecular flexibility index (Phi) is 5.19. The smallest absolute Gasteiger partial charge is 0.224 e. The SMILES string of the molecule is O=C(Cc1ccsc1)N[C@@H](c1cccnc1)C1CCOCC1. The largest absolute Gasteiger partial charge is 0.381 e. The monoisotopic (exact) mass is 316 g/mol. The lowest BCUT2D eigenvalue weighted by atomic mass is 9.87. The molecule has 22 heavy (non-hydrogen) atoms. The molecule has 0 unspecified atom stereocenters. The third-order valence-corrected chi connectivity index (χ3v) is 4.77. The molecule has 116 valence electrons. The van der Waals surface area contributed by atoms with Crippen molar-refractivity contribution in [2.24, 2.45) is 5.92 Å². The van der Waals surface area contributed by atoms with Crippen molar-refractivity contribution in [3.8, 4) is 0 Å². The number of rotatable bonds is 5. The van der Waals surface area contributed by atoms with Crippen LogP contribution in [-0.2, 0) is 16.0 Å². The molecule has 3 rings (SSSR count). The predicted octanol–water partition coefficient (Wildman–Crippen LogP) is 2.97. The zero-order valence-corrected chi connectivity index (χ0v) is 13.2. The predicted molar refractivity (Wildman–Crippen MR) is 86.7 cm³/mol. The summed E-state index contributed by atoms with van der Waals surface area (Å²) in [5.74, 6) is 0.475. The van der Waals surface area contributed by atoms with E-state index in [1.165, 1.54) is 0 Å². The molecule has 1 N–H and O–H groups in total. The van der Waals surface area contributed by atoms with Gasteiger partial charge in [0.25, 0.3) is 0 Å². The Morgan fingerprint density at radius 3 is 2.95 bits per heavy atom. The molecule has 0 spiro atoms. The second kappa shape index (κ2) is 7.51. The molecule has 2 aromatic rings. The molecule has 1 aliphatic rings. The average molecular weight is 316 g/mol. The first-order chi connectivity index (χ1) is 10.8. The lowest BCUT2D eigenvalue weighted by Gasteiger charge is -2.31. The van der Waals surface area contributed by atoms with E-state index in [0.717, 1.165) is 37.2 Å². The van der Waals surface area contributed by atoms with Crippen molar-refractivity contribution in [3.63, 3.8) is 0 Å². The summed E-state index contributed by atoms with van der Waals surface area (Å²) < 4.78 is 5.45. The highest BCUT2D eigenvalue weighted by Crippen LogP contribution is 2.29. The van der Waals surface area contributed by atoms with Gasteiger partial charge < -0.3 is 10.1 Å². The Bertz CT molecular complexity index is 580. The number of thiophene rings is 1. The quantitative estimate of drug-likeness (QED) is 0.922. The maximum absolute atomic E-state index is 12.4. The van der Waals surface area contributed by atoms with E-state index in [1.54, 1.807) is 17.5 Å². The molecule has 5 heteroatoms. The molecule has 3 heterocycles. The number of carbonyl (C=O) groups excluding carboxylic acids is 1. The fraction of sp³-hybridized carbons (Fsp3) is 0.412. The van der Waals surface area contributed by atoms with E-state index >= 15 is 0 Å². The van der Waals surface area contributed by atoms with Crippen LogP contribution < -0.4 is 5.32 Å². The third-order valence-electron chi connectivity index (χ3n) is 4.04. The first kappa shape index (κ1) is 15.2. The van der Waals surface area contributed by atoms with Gasteiger partial charge in [-0.2, -0.15) is 11.3 Å². The van der Waals surface area contributed by atoms with Crippen LogP contribution in [0.2, 0.25) is 0 Å². The summed E-state index contributed by atoms with van der Waals surface area (Å²) in [6.07, 6.45) is 5.99. The molecule has 0 bridgehead atoms. The van der Waals surface area contributed by atoms with Gasteiger partial charge in [-0.25, -0.2) is 0 Å².